The van der Waals surface area contributed by atoms with E-state index in [1.54, 1.807) is 0 Å². The van der Waals surface area contributed by atoms with Crippen molar-refractivity contribution in [2.24, 2.45) is 0 Å². The minimum absolute atomic E-state index is 0.568. The molecule has 0 aliphatic heterocycles. The van der Waals surface area contributed by atoms with Crippen LogP contribution in [0.1, 0.15) is 0 Å². The molecular weight excluding hydrogens is 683 g/mol. The lowest BCUT2D eigenvalue weighted by Crippen LogP contribution is -2.07. The van der Waals surface area contributed by atoms with Gasteiger partial charge in [0, 0.05) is 38.4 Å². The first kappa shape index (κ1) is 31.9. The lowest BCUT2D eigenvalue weighted by Gasteiger charge is -2.15. The molecule has 11 aromatic rings. The van der Waals surface area contributed by atoms with E-state index in [0.717, 1.165) is 60.6 Å². The molecule has 0 N–H and O–H groups in total. The fourth-order valence-corrected chi connectivity index (χ4v) is 8.29. The standard InChI is InChI=1S/C51H33N5/c1-4-17-34(18-5-1)39-25-10-11-26-40(39)37-23-16-24-38(33-37)55-45-29-14-12-27-41(45)43-31-32-44-42-28-13-15-30-46(42)56(48(44)47(43)55)51-53-49(35-19-6-2-7-20-35)52-50(54-51)36-21-8-3-9-22-36/h1-33H. The second-order valence-electron chi connectivity index (χ2n) is 14.0. The Labute approximate surface area is 323 Å². The van der Waals surface area contributed by atoms with Gasteiger partial charge in [0.1, 0.15) is 0 Å². The first-order chi connectivity index (χ1) is 27.8. The van der Waals surface area contributed by atoms with Crippen LogP contribution in [-0.4, -0.2) is 24.1 Å². The van der Waals surface area contributed by atoms with Gasteiger partial charge in [0.25, 0.3) is 0 Å². The van der Waals surface area contributed by atoms with Crippen molar-refractivity contribution in [2.45, 2.75) is 0 Å². The summed E-state index contributed by atoms with van der Waals surface area (Å²) in [5.41, 5.74) is 12.0. The van der Waals surface area contributed by atoms with Gasteiger partial charge in [0.05, 0.1) is 22.1 Å². The summed E-state index contributed by atoms with van der Waals surface area (Å²) in [6, 6.07) is 70.4. The number of aromatic nitrogens is 5. The van der Waals surface area contributed by atoms with E-state index in [4.69, 9.17) is 15.0 Å². The van der Waals surface area contributed by atoms with E-state index >= 15 is 0 Å². The van der Waals surface area contributed by atoms with Crippen LogP contribution in [0.4, 0.5) is 0 Å². The van der Waals surface area contributed by atoms with Crippen LogP contribution in [0.2, 0.25) is 0 Å². The highest BCUT2D eigenvalue weighted by molar-refractivity contribution is 6.23. The maximum absolute atomic E-state index is 5.26. The number of fused-ring (bicyclic) bond motifs is 7. The van der Waals surface area contributed by atoms with Crippen molar-refractivity contribution in [2.75, 3.05) is 0 Å². The molecule has 8 aromatic carbocycles. The zero-order valence-corrected chi connectivity index (χ0v) is 30.3. The van der Waals surface area contributed by atoms with Crippen LogP contribution in [0.3, 0.4) is 0 Å². The van der Waals surface area contributed by atoms with Crippen LogP contribution < -0.4 is 0 Å². The van der Waals surface area contributed by atoms with Crippen molar-refractivity contribution in [1.82, 2.24) is 24.1 Å². The third kappa shape index (κ3) is 5.13. The third-order valence-electron chi connectivity index (χ3n) is 10.8. The Bertz CT molecular complexity index is 3180. The molecule has 0 amide bonds. The second-order valence-corrected chi connectivity index (χ2v) is 14.0. The van der Waals surface area contributed by atoms with Crippen LogP contribution >= 0.6 is 0 Å². The highest BCUT2D eigenvalue weighted by Crippen LogP contribution is 2.42. The minimum atomic E-state index is 0.568. The Morgan fingerprint density at radius 2 is 0.750 bits per heavy atom. The van der Waals surface area contributed by atoms with E-state index in [9.17, 15) is 0 Å². The zero-order valence-electron chi connectivity index (χ0n) is 30.3. The average Bonchev–Trinajstić information content (AvgIpc) is 3.80. The van der Waals surface area contributed by atoms with Gasteiger partial charge in [0.2, 0.25) is 5.95 Å². The van der Waals surface area contributed by atoms with E-state index in [1.807, 2.05) is 36.4 Å². The molecule has 11 rings (SSSR count). The summed E-state index contributed by atoms with van der Waals surface area (Å²) < 4.78 is 4.67. The quantitative estimate of drug-likeness (QED) is 0.172. The van der Waals surface area contributed by atoms with Crippen LogP contribution in [-0.2, 0) is 0 Å². The molecule has 0 aliphatic carbocycles. The number of para-hydroxylation sites is 2. The molecule has 3 aromatic heterocycles. The number of benzene rings is 8. The zero-order chi connectivity index (χ0) is 37.0. The molecule has 5 heteroatoms. The molecular formula is C51H33N5. The number of hydrogen-bond donors (Lipinski definition) is 0. The smallest absolute Gasteiger partial charge is 0.238 e. The maximum atomic E-state index is 5.26. The first-order valence-corrected chi connectivity index (χ1v) is 18.9. The summed E-state index contributed by atoms with van der Waals surface area (Å²) in [7, 11) is 0. The van der Waals surface area contributed by atoms with Crippen molar-refractivity contribution in [1.29, 1.82) is 0 Å². The molecule has 0 radical (unpaired) electrons. The molecule has 5 nitrogen and oxygen atoms in total. The van der Waals surface area contributed by atoms with E-state index in [-0.39, 0.29) is 0 Å². The summed E-state index contributed by atoms with van der Waals surface area (Å²) in [5.74, 6) is 1.81. The Kier molecular flexibility index (Phi) is 7.42. The van der Waals surface area contributed by atoms with Gasteiger partial charge in [-0.05, 0) is 46.5 Å². The molecule has 0 unspecified atom stereocenters. The molecule has 0 atom stereocenters. The van der Waals surface area contributed by atoms with Gasteiger partial charge in [-0.1, -0.05) is 176 Å². The van der Waals surface area contributed by atoms with E-state index in [1.165, 1.54) is 22.1 Å². The summed E-state index contributed by atoms with van der Waals surface area (Å²) >= 11 is 0. The van der Waals surface area contributed by atoms with Crippen molar-refractivity contribution in [3.63, 3.8) is 0 Å². The van der Waals surface area contributed by atoms with Crippen molar-refractivity contribution in [3.05, 3.63) is 200 Å². The Hall–Kier alpha value is -7.63. The van der Waals surface area contributed by atoms with Gasteiger partial charge in [0.15, 0.2) is 11.6 Å². The Morgan fingerprint density at radius 1 is 0.304 bits per heavy atom. The molecule has 0 spiro atoms. The minimum Gasteiger partial charge on any atom is -0.307 e. The van der Waals surface area contributed by atoms with Crippen LogP contribution in [0, 0.1) is 0 Å². The van der Waals surface area contributed by atoms with Crippen LogP contribution in [0.5, 0.6) is 0 Å². The fraction of sp³-hybridized carbons (Fsp3) is 0. The van der Waals surface area contributed by atoms with E-state index < -0.39 is 0 Å². The second kappa shape index (κ2) is 13.0. The molecule has 3 heterocycles. The molecule has 0 aliphatic rings. The monoisotopic (exact) mass is 715 g/mol. The Morgan fingerprint density at radius 3 is 1.34 bits per heavy atom. The topological polar surface area (TPSA) is 48.5 Å². The molecule has 0 fully saturated rings. The highest BCUT2D eigenvalue weighted by Gasteiger charge is 2.23. The van der Waals surface area contributed by atoms with Gasteiger partial charge in [-0.15, -0.1) is 0 Å². The van der Waals surface area contributed by atoms with E-state index in [0.29, 0.717) is 17.6 Å². The van der Waals surface area contributed by atoms with Crippen molar-refractivity contribution in [3.8, 4) is 56.7 Å². The average molecular weight is 716 g/mol. The Balaban J connectivity index is 1.24. The first-order valence-electron chi connectivity index (χ1n) is 18.9. The van der Waals surface area contributed by atoms with Gasteiger partial charge in [-0.3, -0.25) is 4.57 Å². The third-order valence-corrected chi connectivity index (χ3v) is 10.8. The van der Waals surface area contributed by atoms with Gasteiger partial charge >= 0.3 is 0 Å². The van der Waals surface area contributed by atoms with Crippen LogP contribution in [0.15, 0.2) is 200 Å². The van der Waals surface area contributed by atoms with Crippen molar-refractivity contribution < 1.29 is 0 Å². The van der Waals surface area contributed by atoms with Crippen molar-refractivity contribution >= 4 is 43.6 Å². The summed E-state index contributed by atoms with van der Waals surface area (Å²) in [6.07, 6.45) is 0. The van der Waals surface area contributed by atoms with E-state index in [2.05, 4.69) is 173 Å². The predicted molar refractivity (Wildman–Crippen MR) is 230 cm³/mol. The molecule has 0 bridgehead atoms. The number of hydrogen-bond acceptors (Lipinski definition) is 3. The normalized spacial score (nSPS) is 11.6. The SMILES string of the molecule is c1ccc(-c2nc(-c3ccccc3)nc(-n3c4ccccc4c4ccc5c6ccccc6n(-c6cccc(-c7ccccc7-c7ccccc7)c6)c5c43)n2)cc1. The summed E-state index contributed by atoms with van der Waals surface area (Å²) in [4.78, 5) is 15.6. The van der Waals surface area contributed by atoms with Crippen LogP contribution in [0.25, 0.3) is 100 Å². The number of nitrogens with zero attached hydrogens (tertiary/aromatic N) is 5. The molecule has 0 saturated carbocycles. The predicted octanol–water partition coefficient (Wildman–Crippen LogP) is 12.7. The van der Waals surface area contributed by atoms with Gasteiger partial charge < -0.3 is 4.57 Å². The number of rotatable bonds is 6. The fourth-order valence-electron chi connectivity index (χ4n) is 8.29. The lowest BCUT2D eigenvalue weighted by atomic mass is 9.94. The van der Waals surface area contributed by atoms with Gasteiger partial charge in [-0.25, -0.2) is 4.98 Å². The summed E-state index contributed by atoms with van der Waals surface area (Å²) in [5, 5.41) is 4.61. The lowest BCUT2D eigenvalue weighted by molar-refractivity contribution is 0.953. The largest absolute Gasteiger partial charge is 0.307 e. The highest BCUT2D eigenvalue weighted by atomic mass is 15.2. The summed E-state index contributed by atoms with van der Waals surface area (Å²) in [6.45, 7) is 0. The molecule has 0 saturated heterocycles. The molecule has 262 valence electrons. The molecule has 56 heavy (non-hydrogen) atoms. The van der Waals surface area contributed by atoms with Gasteiger partial charge in [-0.2, -0.15) is 9.97 Å². The maximum Gasteiger partial charge on any atom is 0.238 e.